The minimum absolute atomic E-state index is 0.230. The highest BCUT2D eigenvalue weighted by molar-refractivity contribution is 5.15. The molecule has 0 spiro atoms. The molecule has 1 aliphatic rings. The minimum Gasteiger partial charge on any atom is -0.475 e. The Balaban J connectivity index is 1.80. The van der Waals surface area contributed by atoms with Gasteiger partial charge in [-0.15, -0.1) is 0 Å². The highest BCUT2D eigenvalue weighted by Crippen LogP contribution is 2.15. The largest absolute Gasteiger partial charge is 0.475 e. The Morgan fingerprint density at radius 3 is 3.05 bits per heavy atom. The Bertz CT molecular complexity index is 376. The Labute approximate surface area is 115 Å². The van der Waals surface area contributed by atoms with Gasteiger partial charge in [-0.05, 0) is 25.3 Å². The van der Waals surface area contributed by atoms with Crippen molar-refractivity contribution < 1.29 is 9.47 Å². The van der Waals surface area contributed by atoms with E-state index >= 15 is 0 Å². The zero-order valence-electron chi connectivity index (χ0n) is 11.9. The Morgan fingerprint density at radius 1 is 1.42 bits per heavy atom. The van der Waals surface area contributed by atoms with Crippen LogP contribution in [0.25, 0.3) is 0 Å². The van der Waals surface area contributed by atoms with Crippen molar-refractivity contribution in [2.45, 2.75) is 51.8 Å². The summed E-state index contributed by atoms with van der Waals surface area (Å²) in [4.78, 5) is 4.49. The van der Waals surface area contributed by atoms with Crippen molar-refractivity contribution in [3.8, 4) is 5.88 Å². The van der Waals surface area contributed by atoms with E-state index in [1.165, 1.54) is 12.8 Å². The van der Waals surface area contributed by atoms with Crippen LogP contribution in [-0.2, 0) is 11.3 Å². The van der Waals surface area contributed by atoms with E-state index in [0.717, 1.165) is 25.3 Å². The summed E-state index contributed by atoms with van der Waals surface area (Å²) >= 11 is 0. The van der Waals surface area contributed by atoms with E-state index in [4.69, 9.17) is 9.47 Å². The first-order valence-corrected chi connectivity index (χ1v) is 7.18. The van der Waals surface area contributed by atoms with E-state index in [-0.39, 0.29) is 6.10 Å². The number of nitrogens with one attached hydrogen (secondary N) is 1. The fraction of sp³-hybridized carbons (Fsp3) is 0.667. The molecule has 0 bridgehead atoms. The maximum absolute atomic E-state index is 5.73. The quantitative estimate of drug-likeness (QED) is 0.857. The molecule has 1 aromatic heterocycles. The fourth-order valence-corrected chi connectivity index (χ4v) is 2.06. The summed E-state index contributed by atoms with van der Waals surface area (Å²) in [5.41, 5.74) is 1.01. The molecular formula is C15H24N2O2. The summed E-state index contributed by atoms with van der Waals surface area (Å²) in [6.07, 6.45) is 3.73. The molecule has 4 nitrogen and oxygen atoms in total. The standard InChI is InChI=1S/C15H24N2O2/c1-12(2)16-10-13-6-5-8-15(17-13)19-11-14-7-3-4-9-18-14/h5-6,8,12,14,16H,3-4,7,9-11H2,1-2H3. The molecule has 1 unspecified atom stereocenters. The molecule has 2 rings (SSSR count). The monoisotopic (exact) mass is 264 g/mol. The molecule has 4 heteroatoms. The number of rotatable bonds is 6. The van der Waals surface area contributed by atoms with E-state index in [2.05, 4.69) is 24.1 Å². The van der Waals surface area contributed by atoms with Gasteiger partial charge < -0.3 is 14.8 Å². The molecule has 19 heavy (non-hydrogen) atoms. The lowest BCUT2D eigenvalue weighted by Crippen LogP contribution is -2.26. The van der Waals surface area contributed by atoms with Gasteiger partial charge in [-0.2, -0.15) is 0 Å². The van der Waals surface area contributed by atoms with Gasteiger partial charge in [-0.1, -0.05) is 19.9 Å². The van der Waals surface area contributed by atoms with Crippen molar-refractivity contribution in [3.05, 3.63) is 23.9 Å². The zero-order valence-corrected chi connectivity index (χ0v) is 11.9. The molecule has 0 amide bonds. The maximum Gasteiger partial charge on any atom is 0.213 e. The van der Waals surface area contributed by atoms with Crippen molar-refractivity contribution in [1.29, 1.82) is 0 Å². The van der Waals surface area contributed by atoms with Gasteiger partial charge in [0.25, 0.3) is 0 Å². The SMILES string of the molecule is CC(C)NCc1cccc(OCC2CCCCO2)n1. The van der Waals surface area contributed by atoms with Crippen LogP contribution in [0.3, 0.4) is 0 Å². The highest BCUT2D eigenvalue weighted by Gasteiger charge is 2.14. The molecule has 1 aromatic rings. The van der Waals surface area contributed by atoms with Gasteiger partial charge in [0.15, 0.2) is 0 Å². The summed E-state index contributed by atoms with van der Waals surface area (Å²) in [6.45, 7) is 6.49. The van der Waals surface area contributed by atoms with Crippen LogP contribution in [0.5, 0.6) is 5.88 Å². The van der Waals surface area contributed by atoms with E-state index in [9.17, 15) is 0 Å². The van der Waals surface area contributed by atoms with E-state index in [0.29, 0.717) is 18.5 Å². The first-order chi connectivity index (χ1) is 9.24. The van der Waals surface area contributed by atoms with Crippen LogP contribution in [0.2, 0.25) is 0 Å². The Hall–Kier alpha value is -1.13. The van der Waals surface area contributed by atoms with Gasteiger partial charge >= 0.3 is 0 Å². The van der Waals surface area contributed by atoms with Crippen molar-refractivity contribution in [2.75, 3.05) is 13.2 Å². The predicted molar refractivity (Wildman–Crippen MR) is 75.3 cm³/mol. The average molecular weight is 264 g/mol. The summed E-state index contributed by atoms with van der Waals surface area (Å²) in [6, 6.07) is 6.37. The van der Waals surface area contributed by atoms with Gasteiger partial charge in [-0.3, -0.25) is 0 Å². The Morgan fingerprint density at radius 2 is 2.32 bits per heavy atom. The van der Waals surface area contributed by atoms with Gasteiger partial charge in [0, 0.05) is 25.3 Å². The zero-order chi connectivity index (χ0) is 13.5. The topological polar surface area (TPSA) is 43.4 Å². The summed E-state index contributed by atoms with van der Waals surface area (Å²) in [7, 11) is 0. The van der Waals surface area contributed by atoms with E-state index in [1.54, 1.807) is 0 Å². The first kappa shape index (κ1) is 14.3. The van der Waals surface area contributed by atoms with Gasteiger partial charge in [-0.25, -0.2) is 4.98 Å². The molecule has 1 N–H and O–H groups in total. The normalized spacial score (nSPS) is 19.6. The second-order valence-electron chi connectivity index (χ2n) is 5.30. The lowest BCUT2D eigenvalue weighted by Gasteiger charge is -2.22. The molecule has 0 saturated carbocycles. The molecule has 1 atom stereocenters. The molecule has 0 aromatic carbocycles. The molecule has 1 aliphatic heterocycles. The molecule has 106 valence electrons. The van der Waals surface area contributed by atoms with Crippen LogP contribution < -0.4 is 10.1 Å². The third kappa shape index (κ3) is 5.17. The fourth-order valence-electron chi connectivity index (χ4n) is 2.06. The third-order valence-corrected chi connectivity index (χ3v) is 3.16. The second-order valence-corrected chi connectivity index (χ2v) is 5.30. The minimum atomic E-state index is 0.230. The van der Waals surface area contributed by atoms with Crippen LogP contribution in [-0.4, -0.2) is 30.3 Å². The highest BCUT2D eigenvalue weighted by atomic mass is 16.5. The average Bonchev–Trinajstić information content (AvgIpc) is 2.44. The van der Waals surface area contributed by atoms with Gasteiger partial charge in [0.1, 0.15) is 6.61 Å². The molecular weight excluding hydrogens is 240 g/mol. The maximum atomic E-state index is 5.73. The number of aromatic nitrogens is 1. The predicted octanol–water partition coefficient (Wildman–Crippen LogP) is 2.53. The number of nitrogens with zero attached hydrogens (tertiary/aromatic N) is 1. The summed E-state index contributed by atoms with van der Waals surface area (Å²) < 4.78 is 11.4. The first-order valence-electron chi connectivity index (χ1n) is 7.18. The smallest absolute Gasteiger partial charge is 0.213 e. The van der Waals surface area contributed by atoms with Crippen LogP contribution in [0, 0.1) is 0 Å². The van der Waals surface area contributed by atoms with E-state index in [1.807, 2.05) is 18.2 Å². The molecule has 0 radical (unpaired) electrons. The van der Waals surface area contributed by atoms with Crippen LogP contribution in [0.15, 0.2) is 18.2 Å². The molecule has 0 aliphatic carbocycles. The number of hydrogen-bond donors (Lipinski definition) is 1. The molecule has 1 saturated heterocycles. The van der Waals surface area contributed by atoms with E-state index < -0.39 is 0 Å². The van der Waals surface area contributed by atoms with Crippen molar-refractivity contribution in [2.24, 2.45) is 0 Å². The number of hydrogen-bond acceptors (Lipinski definition) is 4. The Kier molecular flexibility index (Phi) is 5.61. The van der Waals surface area contributed by atoms with Crippen LogP contribution in [0.1, 0.15) is 38.8 Å². The van der Waals surface area contributed by atoms with Gasteiger partial charge in [0.2, 0.25) is 5.88 Å². The number of ether oxygens (including phenoxy) is 2. The molecule has 2 heterocycles. The third-order valence-electron chi connectivity index (χ3n) is 3.16. The molecule has 1 fully saturated rings. The lowest BCUT2D eigenvalue weighted by atomic mass is 10.1. The number of pyridine rings is 1. The van der Waals surface area contributed by atoms with Gasteiger partial charge in [0.05, 0.1) is 11.8 Å². The van der Waals surface area contributed by atoms with Crippen molar-refractivity contribution in [1.82, 2.24) is 10.3 Å². The summed E-state index contributed by atoms with van der Waals surface area (Å²) in [5, 5.41) is 3.35. The second kappa shape index (κ2) is 7.46. The lowest BCUT2D eigenvalue weighted by molar-refractivity contribution is -0.0119. The summed E-state index contributed by atoms with van der Waals surface area (Å²) in [5.74, 6) is 0.692. The van der Waals surface area contributed by atoms with Crippen molar-refractivity contribution in [3.63, 3.8) is 0 Å². The van der Waals surface area contributed by atoms with Crippen LogP contribution >= 0.6 is 0 Å². The van der Waals surface area contributed by atoms with Crippen molar-refractivity contribution >= 4 is 0 Å². The van der Waals surface area contributed by atoms with Crippen LogP contribution in [0.4, 0.5) is 0 Å².